The van der Waals surface area contributed by atoms with E-state index < -0.39 is 0 Å². The molecule has 3 aromatic rings. The maximum absolute atomic E-state index is 5.61. The molecule has 1 aromatic heterocycles. The van der Waals surface area contributed by atoms with E-state index in [9.17, 15) is 0 Å². The quantitative estimate of drug-likeness (QED) is 0.793. The third-order valence-electron chi connectivity index (χ3n) is 3.06. The van der Waals surface area contributed by atoms with Gasteiger partial charge < -0.3 is 10.5 Å². The summed E-state index contributed by atoms with van der Waals surface area (Å²) < 4.78 is 5.61. The van der Waals surface area contributed by atoms with E-state index in [2.05, 4.69) is 22.3 Å². The fourth-order valence-electron chi connectivity index (χ4n) is 2.01. The molecule has 0 aliphatic rings. The van der Waals surface area contributed by atoms with Crippen LogP contribution in [0.1, 0.15) is 11.1 Å². The molecular weight excluding hydrogens is 262 g/mol. The molecule has 0 saturated heterocycles. The molecule has 0 aliphatic heterocycles. The Morgan fingerprint density at radius 3 is 2.14 bits per heavy atom. The lowest BCUT2D eigenvalue weighted by atomic mass is 10.1. The highest BCUT2D eigenvalue weighted by molar-refractivity contribution is 5.34. The molecular formula is C17H15N3O. The van der Waals surface area contributed by atoms with E-state index in [-0.39, 0.29) is 0 Å². The number of benzene rings is 2. The van der Waals surface area contributed by atoms with Gasteiger partial charge in [-0.15, -0.1) is 10.2 Å². The second kappa shape index (κ2) is 6.05. The molecule has 0 radical (unpaired) electrons. The van der Waals surface area contributed by atoms with Crippen LogP contribution in [0.25, 0.3) is 0 Å². The number of nitrogen functional groups attached to an aromatic ring is 1. The standard InChI is InChI=1S/C17H15N3O/c18-16-10-11-17(20-19-16)21-15-8-6-14(7-9-15)12-13-4-2-1-3-5-13/h1-11H,12H2,(H2,18,19). The minimum absolute atomic E-state index is 0.376. The molecule has 4 nitrogen and oxygen atoms in total. The molecule has 21 heavy (non-hydrogen) atoms. The lowest BCUT2D eigenvalue weighted by Crippen LogP contribution is -1.95. The molecule has 0 atom stereocenters. The number of rotatable bonds is 4. The van der Waals surface area contributed by atoms with E-state index in [4.69, 9.17) is 10.5 Å². The van der Waals surface area contributed by atoms with Crippen LogP contribution in [0.15, 0.2) is 66.7 Å². The molecule has 0 saturated carbocycles. The van der Waals surface area contributed by atoms with E-state index in [1.54, 1.807) is 12.1 Å². The summed E-state index contributed by atoms with van der Waals surface area (Å²) in [5.74, 6) is 1.53. The van der Waals surface area contributed by atoms with Crippen LogP contribution in [0.2, 0.25) is 0 Å². The third kappa shape index (κ3) is 3.57. The second-order valence-corrected chi connectivity index (χ2v) is 4.70. The predicted octanol–water partition coefficient (Wildman–Crippen LogP) is 3.44. The zero-order valence-corrected chi connectivity index (χ0v) is 11.4. The van der Waals surface area contributed by atoms with Gasteiger partial charge in [-0.05, 0) is 35.7 Å². The fraction of sp³-hybridized carbons (Fsp3) is 0.0588. The van der Waals surface area contributed by atoms with Crippen molar-refractivity contribution in [2.75, 3.05) is 5.73 Å². The molecule has 0 spiro atoms. The summed E-state index contributed by atoms with van der Waals surface area (Å²) >= 11 is 0. The van der Waals surface area contributed by atoms with E-state index in [0.717, 1.165) is 12.2 Å². The first-order valence-electron chi connectivity index (χ1n) is 6.69. The number of aromatic nitrogens is 2. The van der Waals surface area contributed by atoms with Gasteiger partial charge in [-0.25, -0.2) is 0 Å². The van der Waals surface area contributed by atoms with E-state index in [1.165, 1.54) is 11.1 Å². The highest BCUT2D eigenvalue weighted by Crippen LogP contribution is 2.20. The van der Waals surface area contributed by atoms with Crippen molar-refractivity contribution in [3.63, 3.8) is 0 Å². The predicted molar refractivity (Wildman–Crippen MR) is 82.2 cm³/mol. The first-order chi connectivity index (χ1) is 10.3. The Morgan fingerprint density at radius 2 is 1.48 bits per heavy atom. The summed E-state index contributed by atoms with van der Waals surface area (Å²) in [5.41, 5.74) is 8.00. The average Bonchev–Trinajstić information content (AvgIpc) is 2.53. The van der Waals surface area contributed by atoms with E-state index in [1.807, 2.05) is 42.5 Å². The van der Waals surface area contributed by atoms with Gasteiger partial charge in [0.1, 0.15) is 11.6 Å². The summed E-state index contributed by atoms with van der Waals surface area (Å²) in [5, 5.41) is 7.62. The van der Waals surface area contributed by atoms with Crippen LogP contribution in [0.3, 0.4) is 0 Å². The number of anilines is 1. The minimum Gasteiger partial charge on any atom is -0.438 e. The zero-order chi connectivity index (χ0) is 14.5. The van der Waals surface area contributed by atoms with Crippen molar-refractivity contribution in [2.24, 2.45) is 0 Å². The van der Waals surface area contributed by atoms with Crippen molar-refractivity contribution in [3.05, 3.63) is 77.9 Å². The van der Waals surface area contributed by atoms with Crippen molar-refractivity contribution in [2.45, 2.75) is 6.42 Å². The molecule has 3 rings (SSSR count). The largest absolute Gasteiger partial charge is 0.438 e. The van der Waals surface area contributed by atoms with Crippen LogP contribution >= 0.6 is 0 Å². The van der Waals surface area contributed by atoms with E-state index >= 15 is 0 Å². The molecule has 4 heteroatoms. The normalized spacial score (nSPS) is 10.3. The molecule has 0 bridgehead atoms. The lowest BCUT2D eigenvalue weighted by molar-refractivity contribution is 0.455. The first kappa shape index (κ1) is 13.1. The van der Waals surface area contributed by atoms with Crippen LogP contribution in [0.4, 0.5) is 5.82 Å². The summed E-state index contributed by atoms with van der Waals surface area (Å²) in [4.78, 5) is 0. The van der Waals surface area contributed by atoms with Gasteiger partial charge in [0, 0.05) is 6.07 Å². The number of nitrogens with zero attached hydrogens (tertiary/aromatic N) is 2. The molecule has 0 unspecified atom stereocenters. The fourth-order valence-corrected chi connectivity index (χ4v) is 2.01. The highest BCUT2D eigenvalue weighted by Gasteiger charge is 2.01. The summed E-state index contributed by atoms with van der Waals surface area (Å²) in [6.07, 6.45) is 0.906. The number of hydrogen-bond acceptors (Lipinski definition) is 4. The maximum atomic E-state index is 5.61. The third-order valence-corrected chi connectivity index (χ3v) is 3.06. The Balaban J connectivity index is 1.68. The van der Waals surface area contributed by atoms with Crippen molar-refractivity contribution in [1.82, 2.24) is 10.2 Å². The van der Waals surface area contributed by atoms with Gasteiger partial charge in [-0.1, -0.05) is 42.5 Å². The first-order valence-corrected chi connectivity index (χ1v) is 6.69. The SMILES string of the molecule is Nc1ccc(Oc2ccc(Cc3ccccc3)cc2)nn1. The maximum Gasteiger partial charge on any atom is 0.238 e. The molecule has 1 heterocycles. The Morgan fingerprint density at radius 1 is 0.762 bits per heavy atom. The molecule has 0 fully saturated rings. The Bertz CT molecular complexity index is 694. The summed E-state index contributed by atoms with van der Waals surface area (Å²) in [7, 11) is 0. The smallest absolute Gasteiger partial charge is 0.238 e. The molecule has 0 aliphatic carbocycles. The van der Waals surface area contributed by atoms with Crippen LogP contribution in [0.5, 0.6) is 11.6 Å². The van der Waals surface area contributed by atoms with E-state index in [0.29, 0.717) is 11.7 Å². The van der Waals surface area contributed by atoms with Gasteiger partial charge in [0.25, 0.3) is 0 Å². The minimum atomic E-state index is 0.376. The van der Waals surface area contributed by atoms with Crippen LogP contribution < -0.4 is 10.5 Å². The number of ether oxygens (including phenoxy) is 1. The zero-order valence-electron chi connectivity index (χ0n) is 11.4. The van der Waals surface area contributed by atoms with Crippen molar-refractivity contribution >= 4 is 5.82 Å². The number of hydrogen-bond donors (Lipinski definition) is 1. The van der Waals surface area contributed by atoms with Gasteiger partial charge in [0.15, 0.2) is 0 Å². The van der Waals surface area contributed by atoms with Gasteiger partial charge in [0.05, 0.1) is 0 Å². The highest BCUT2D eigenvalue weighted by atomic mass is 16.5. The van der Waals surface area contributed by atoms with Crippen LogP contribution in [0, 0.1) is 0 Å². The Hall–Kier alpha value is -2.88. The van der Waals surface area contributed by atoms with Gasteiger partial charge >= 0.3 is 0 Å². The monoisotopic (exact) mass is 277 g/mol. The lowest BCUT2D eigenvalue weighted by Gasteiger charge is -2.06. The summed E-state index contributed by atoms with van der Waals surface area (Å²) in [6, 6.07) is 21.7. The molecule has 2 aromatic carbocycles. The van der Waals surface area contributed by atoms with Gasteiger partial charge in [-0.3, -0.25) is 0 Å². The molecule has 104 valence electrons. The number of nitrogens with two attached hydrogens (primary N) is 1. The van der Waals surface area contributed by atoms with Crippen molar-refractivity contribution < 1.29 is 4.74 Å². The van der Waals surface area contributed by atoms with Crippen molar-refractivity contribution in [1.29, 1.82) is 0 Å². The van der Waals surface area contributed by atoms with Gasteiger partial charge in [-0.2, -0.15) is 0 Å². The summed E-state index contributed by atoms with van der Waals surface area (Å²) in [6.45, 7) is 0. The average molecular weight is 277 g/mol. The Labute approximate surface area is 123 Å². The van der Waals surface area contributed by atoms with Crippen molar-refractivity contribution in [3.8, 4) is 11.6 Å². The topological polar surface area (TPSA) is 61.0 Å². The molecule has 0 amide bonds. The Kier molecular flexibility index (Phi) is 3.78. The van der Waals surface area contributed by atoms with Crippen LogP contribution in [-0.2, 0) is 6.42 Å². The molecule has 2 N–H and O–H groups in total. The van der Waals surface area contributed by atoms with Crippen LogP contribution in [-0.4, -0.2) is 10.2 Å². The van der Waals surface area contributed by atoms with Gasteiger partial charge in [0.2, 0.25) is 5.88 Å². The second-order valence-electron chi connectivity index (χ2n) is 4.70.